The topological polar surface area (TPSA) is 49.4 Å². The van der Waals surface area contributed by atoms with E-state index in [1.807, 2.05) is 0 Å². The van der Waals surface area contributed by atoms with Crippen molar-refractivity contribution in [3.63, 3.8) is 0 Å². The van der Waals surface area contributed by atoms with Crippen molar-refractivity contribution in [2.45, 2.75) is 45.0 Å². The average molecular weight is 220 g/mol. The lowest BCUT2D eigenvalue weighted by molar-refractivity contribution is 0.104. The predicted octanol–water partition coefficient (Wildman–Crippen LogP) is 0.407. The van der Waals surface area contributed by atoms with E-state index in [0.29, 0.717) is 6.04 Å². The molecule has 0 unspecified atom stereocenters. The molecule has 1 heterocycles. The van der Waals surface area contributed by atoms with Crippen LogP contribution < -0.4 is 4.72 Å². The van der Waals surface area contributed by atoms with Gasteiger partial charge in [-0.05, 0) is 27.7 Å². The van der Waals surface area contributed by atoms with Crippen molar-refractivity contribution in [2.75, 3.05) is 13.1 Å². The Morgan fingerprint density at radius 2 is 1.71 bits per heavy atom. The zero-order chi connectivity index (χ0) is 10.9. The zero-order valence-electron chi connectivity index (χ0n) is 9.32. The Balaban J connectivity index is 2.37. The smallest absolute Gasteiger partial charge is 0.214 e. The number of nitrogens with one attached hydrogen (secondary N) is 1. The summed E-state index contributed by atoms with van der Waals surface area (Å²) in [5.74, 6) is 0. The lowest BCUT2D eigenvalue weighted by atomic mass is 10.1. The van der Waals surface area contributed by atoms with E-state index < -0.39 is 10.0 Å². The Bertz CT molecular complexity index is 279. The van der Waals surface area contributed by atoms with Gasteiger partial charge < -0.3 is 0 Å². The first-order valence-electron chi connectivity index (χ1n) is 5.08. The summed E-state index contributed by atoms with van der Waals surface area (Å²) in [6.07, 6.45) is 0. The molecule has 84 valence electrons. The zero-order valence-corrected chi connectivity index (χ0v) is 10.1. The fraction of sp³-hybridized carbons (Fsp3) is 1.00. The molecular formula is C9H20N2O2S. The fourth-order valence-corrected chi connectivity index (χ4v) is 2.26. The molecule has 0 atom stereocenters. The van der Waals surface area contributed by atoms with Crippen LogP contribution in [0.15, 0.2) is 0 Å². The SMILES string of the molecule is CC(C)N1CC(NS(=O)(=O)C(C)C)C1. The van der Waals surface area contributed by atoms with Crippen molar-refractivity contribution < 1.29 is 8.42 Å². The minimum absolute atomic E-state index is 0.116. The maximum absolute atomic E-state index is 11.5. The quantitative estimate of drug-likeness (QED) is 0.746. The molecule has 1 N–H and O–H groups in total. The largest absolute Gasteiger partial charge is 0.298 e. The molecule has 1 fully saturated rings. The van der Waals surface area contributed by atoms with Crippen LogP contribution in [0.2, 0.25) is 0 Å². The Labute approximate surface area is 86.7 Å². The molecule has 14 heavy (non-hydrogen) atoms. The first kappa shape index (κ1) is 11.9. The second-order valence-corrected chi connectivity index (χ2v) is 6.72. The molecule has 1 aliphatic rings. The highest BCUT2D eigenvalue weighted by Crippen LogP contribution is 2.13. The van der Waals surface area contributed by atoms with Gasteiger partial charge in [0.25, 0.3) is 0 Å². The maximum atomic E-state index is 11.5. The summed E-state index contributed by atoms with van der Waals surface area (Å²) < 4.78 is 25.7. The van der Waals surface area contributed by atoms with Crippen molar-refractivity contribution in [2.24, 2.45) is 0 Å². The maximum Gasteiger partial charge on any atom is 0.214 e. The van der Waals surface area contributed by atoms with Crippen molar-refractivity contribution in [1.29, 1.82) is 0 Å². The Hall–Kier alpha value is -0.130. The number of likely N-dealkylation sites (tertiary alicyclic amines) is 1. The Kier molecular flexibility index (Phi) is 3.55. The molecule has 0 aromatic heterocycles. The molecule has 5 heteroatoms. The van der Waals surface area contributed by atoms with Crippen LogP contribution in [0.5, 0.6) is 0 Å². The highest BCUT2D eigenvalue weighted by Gasteiger charge is 2.32. The van der Waals surface area contributed by atoms with Crippen molar-refractivity contribution in [3.05, 3.63) is 0 Å². The first-order valence-corrected chi connectivity index (χ1v) is 6.62. The lowest BCUT2D eigenvalue weighted by Gasteiger charge is -2.42. The molecule has 0 aromatic carbocycles. The number of rotatable bonds is 4. The van der Waals surface area contributed by atoms with E-state index in [1.54, 1.807) is 13.8 Å². The van der Waals surface area contributed by atoms with Gasteiger partial charge in [0, 0.05) is 25.2 Å². The summed E-state index contributed by atoms with van der Waals surface area (Å²) in [5.41, 5.74) is 0. The molecule has 0 amide bonds. The molecule has 0 saturated carbocycles. The van der Waals surface area contributed by atoms with Gasteiger partial charge in [-0.15, -0.1) is 0 Å². The van der Waals surface area contributed by atoms with Crippen LogP contribution in [0.25, 0.3) is 0 Å². The second-order valence-electron chi connectivity index (χ2n) is 4.46. The molecule has 1 saturated heterocycles. The van der Waals surface area contributed by atoms with Gasteiger partial charge in [0.15, 0.2) is 0 Å². The molecule has 0 aromatic rings. The van der Waals surface area contributed by atoms with Gasteiger partial charge in [-0.25, -0.2) is 13.1 Å². The molecule has 4 nitrogen and oxygen atoms in total. The summed E-state index contributed by atoms with van der Waals surface area (Å²) >= 11 is 0. The lowest BCUT2D eigenvalue weighted by Crippen LogP contribution is -2.61. The molecule has 0 radical (unpaired) electrons. The number of sulfonamides is 1. The van der Waals surface area contributed by atoms with Crippen molar-refractivity contribution in [3.8, 4) is 0 Å². The van der Waals surface area contributed by atoms with Crippen LogP contribution in [0.4, 0.5) is 0 Å². The minimum Gasteiger partial charge on any atom is -0.298 e. The summed E-state index contributed by atoms with van der Waals surface area (Å²) in [5, 5.41) is -0.337. The third kappa shape index (κ3) is 2.68. The highest BCUT2D eigenvalue weighted by molar-refractivity contribution is 7.90. The van der Waals surface area contributed by atoms with Crippen LogP contribution in [0.1, 0.15) is 27.7 Å². The van der Waals surface area contributed by atoms with Gasteiger partial charge in [-0.3, -0.25) is 4.90 Å². The van der Waals surface area contributed by atoms with Crippen LogP contribution in [-0.2, 0) is 10.0 Å². The van der Waals surface area contributed by atoms with Crippen molar-refractivity contribution in [1.82, 2.24) is 9.62 Å². The van der Waals surface area contributed by atoms with Crippen LogP contribution in [-0.4, -0.2) is 43.7 Å². The summed E-state index contributed by atoms with van der Waals surface area (Å²) in [6, 6.07) is 0.625. The third-order valence-corrected chi connectivity index (χ3v) is 4.49. The third-order valence-electron chi connectivity index (χ3n) is 2.59. The first-order chi connectivity index (χ1) is 6.33. The minimum atomic E-state index is -3.08. The van der Waals surface area contributed by atoms with Gasteiger partial charge in [-0.1, -0.05) is 0 Å². The van der Waals surface area contributed by atoms with E-state index in [-0.39, 0.29) is 11.3 Å². The Morgan fingerprint density at radius 3 is 2.07 bits per heavy atom. The van der Waals surface area contributed by atoms with E-state index >= 15 is 0 Å². The number of nitrogens with zero attached hydrogens (tertiary/aromatic N) is 1. The van der Waals surface area contributed by atoms with E-state index in [2.05, 4.69) is 23.5 Å². The standard InChI is InChI=1S/C9H20N2O2S/c1-7(2)11-5-9(6-11)10-14(12,13)8(3)4/h7-10H,5-6H2,1-4H3. The van der Waals surface area contributed by atoms with Crippen LogP contribution in [0.3, 0.4) is 0 Å². The molecule has 1 aliphatic heterocycles. The highest BCUT2D eigenvalue weighted by atomic mass is 32.2. The second kappa shape index (κ2) is 4.16. The molecular weight excluding hydrogens is 200 g/mol. The van der Waals surface area contributed by atoms with E-state index in [4.69, 9.17) is 0 Å². The Morgan fingerprint density at radius 1 is 1.21 bits per heavy atom. The molecule has 0 spiro atoms. The number of hydrogen-bond acceptors (Lipinski definition) is 3. The summed E-state index contributed by atoms with van der Waals surface area (Å²) in [6.45, 7) is 9.30. The average Bonchev–Trinajstić information content (AvgIpc) is 1.94. The van der Waals surface area contributed by atoms with Gasteiger partial charge in [0.2, 0.25) is 10.0 Å². The van der Waals surface area contributed by atoms with Gasteiger partial charge >= 0.3 is 0 Å². The number of hydrogen-bond donors (Lipinski definition) is 1. The molecule has 0 aliphatic carbocycles. The predicted molar refractivity (Wildman–Crippen MR) is 57.7 cm³/mol. The van der Waals surface area contributed by atoms with Gasteiger partial charge in [-0.2, -0.15) is 0 Å². The van der Waals surface area contributed by atoms with E-state index in [9.17, 15) is 8.42 Å². The molecule has 0 bridgehead atoms. The fourth-order valence-electron chi connectivity index (χ4n) is 1.38. The van der Waals surface area contributed by atoms with E-state index in [1.165, 1.54) is 0 Å². The van der Waals surface area contributed by atoms with Gasteiger partial charge in [0.1, 0.15) is 0 Å². The van der Waals surface area contributed by atoms with Crippen LogP contribution in [0, 0.1) is 0 Å². The molecule has 1 rings (SSSR count). The van der Waals surface area contributed by atoms with Crippen LogP contribution >= 0.6 is 0 Å². The van der Waals surface area contributed by atoms with Crippen molar-refractivity contribution >= 4 is 10.0 Å². The van der Waals surface area contributed by atoms with Gasteiger partial charge in [0.05, 0.1) is 5.25 Å². The normalized spacial score (nSPS) is 20.4. The summed E-state index contributed by atoms with van der Waals surface area (Å²) in [7, 11) is -3.08. The monoisotopic (exact) mass is 220 g/mol. The van der Waals surface area contributed by atoms with E-state index in [0.717, 1.165) is 13.1 Å². The summed E-state index contributed by atoms with van der Waals surface area (Å²) in [4.78, 5) is 2.24.